The van der Waals surface area contributed by atoms with E-state index in [1.54, 1.807) is 0 Å². The zero-order chi connectivity index (χ0) is 16.7. The standard InChI is InChI=1S/C18H15N3OS2/c1-3-11-8-9-13-15(10-11)24-18(21(13)2)20-16(22)17-19-12-6-4-5-7-14(12)23-17/h4-10H,3H2,1-2H3. The SMILES string of the molecule is CCc1ccc2c(c1)sc(=NC(=O)c1nc3ccccc3s1)n2C. The van der Waals surface area contributed by atoms with E-state index in [2.05, 4.69) is 35.1 Å². The first-order valence-electron chi connectivity index (χ1n) is 7.69. The molecule has 120 valence electrons. The average molecular weight is 353 g/mol. The van der Waals surface area contributed by atoms with Crippen LogP contribution in [0, 0.1) is 0 Å². The summed E-state index contributed by atoms with van der Waals surface area (Å²) in [4.78, 5) is 21.9. The summed E-state index contributed by atoms with van der Waals surface area (Å²) in [6, 6.07) is 14.1. The number of benzene rings is 2. The second kappa shape index (κ2) is 5.96. The molecule has 4 rings (SSSR count). The molecule has 0 fully saturated rings. The third-order valence-corrected chi connectivity index (χ3v) is 6.08. The Balaban J connectivity index is 1.80. The number of hydrogen-bond donors (Lipinski definition) is 0. The van der Waals surface area contributed by atoms with Gasteiger partial charge in [-0.15, -0.1) is 11.3 Å². The molecule has 0 radical (unpaired) electrons. The highest BCUT2D eigenvalue weighted by atomic mass is 32.1. The fraction of sp³-hybridized carbons (Fsp3) is 0.167. The van der Waals surface area contributed by atoms with Crippen LogP contribution in [0.1, 0.15) is 22.3 Å². The minimum absolute atomic E-state index is 0.283. The van der Waals surface area contributed by atoms with Crippen LogP contribution in [0.15, 0.2) is 47.5 Å². The van der Waals surface area contributed by atoms with Gasteiger partial charge in [-0.3, -0.25) is 4.79 Å². The van der Waals surface area contributed by atoms with Crippen LogP contribution in [0.4, 0.5) is 0 Å². The predicted octanol–water partition coefficient (Wildman–Crippen LogP) is 4.15. The summed E-state index contributed by atoms with van der Waals surface area (Å²) in [6.45, 7) is 2.14. The maximum atomic E-state index is 12.5. The summed E-state index contributed by atoms with van der Waals surface area (Å²) >= 11 is 2.92. The van der Waals surface area contributed by atoms with Gasteiger partial charge in [-0.05, 0) is 36.2 Å². The Morgan fingerprint density at radius 1 is 1.17 bits per heavy atom. The van der Waals surface area contributed by atoms with Gasteiger partial charge in [0.1, 0.15) is 0 Å². The van der Waals surface area contributed by atoms with Crippen molar-refractivity contribution >= 4 is 49.0 Å². The molecule has 0 unspecified atom stereocenters. The Morgan fingerprint density at radius 2 is 2.00 bits per heavy atom. The molecule has 24 heavy (non-hydrogen) atoms. The number of aryl methyl sites for hydroxylation is 2. The monoisotopic (exact) mass is 353 g/mol. The Kier molecular flexibility index (Phi) is 3.78. The molecule has 0 N–H and O–H groups in total. The van der Waals surface area contributed by atoms with Crippen molar-refractivity contribution in [1.82, 2.24) is 9.55 Å². The molecule has 0 saturated carbocycles. The number of carbonyl (C=O) groups excluding carboxylic acids is 1. The van der Waals surface area contributed by atoms with Crippen LogP contribution in [-0.4, -0.2) is 15.5 Å². The molecule has 0 bridgehead atoms. The first-order valence-corrected chi connectivity index (χ1v) is 9.32. The lowest BCUT2D eigenvalue weighted by Gasteiger charge is -1.97. The molecule has 6 heteroatoms. The molecule has 0 aliphatic carbocycles. The lowest BCUT2D eigenvalue weighted by Crippen LogP contribution is -2.13. The van der Waals surface area contributed by atoms with Gasteiger partial charge in [0.05, 0.1) is 20.4 Å². The topological polar surface area (TPSA) is 47.2 Å². The van der Waals surface area contributed by atoms with Gasteiger partial charge in [-0.25, -0.2) is 4.98 Å². The minimum atomic E-state index is -0.283. The van der Waals surface area contributed by atoms with Crippen LogP contribution < -0.4 is 4.80 Å². The molecule has 1 amide bonds. The molecule has 2 aromatic carbocycles. The zero-order valence-corrected chi connectivity index (χ0v) is 14.9. The van der Waals surface area contributed by atoms with Crippen molar-refractivity contribution in [3.63, 3.8) is 0 Å². The van der Waals surface area contributed by atoms with Crippen LogP contribution in [-0.2, 0) is 13.5 Å². The number of fused-ring (bicyclic) bond motifs is 2. The largest absolute Gasteiger partial charge is 0.319 e. The Hall–Kier alpha value is -2.31. The number of amides is 1. The van der Waals surface area contributed by atoms with E-state index in [0.29, 0.717) is 9.81 Å². The lowest BCUT2D eigenvalue weighted by molar-refractivity contribution is 0.0998. The highest BCUT2D eigenvalue weighted by molar-refractivity contribution is 7.20. The molecular weight excluding hydrogens is 338 g/mol. The zero-order valence-electron chi connectivity index (χ0n) is 13.3. The molecule has 0 aliphatic heterocycles. The van der Waals surface area contributed by atoms with E-state index in [4.69, 9.17) is 0 Å². The van der Waals surface area contributed by atoms with Crippen LogP contribution in [0.5, 0.6) is 0 Å². The molecule has 0 spiro atoms. The number of nitrogens with zero attached hydrogens (tertiary/aromatic N) is 3. The fourth-order valence-corrected chi connectivity index (χ4v) is 4.53. The number of carbonyl (C=O) groups is 1. The first-order chi connectivity index (χ1) is 11.7. The third-order valence-electron chi connectivity index (χ3n) is 3.96. The first kappa shape index (κ1) is 15.2. The van der Waals surface area contributed by atoms with E-state index in [-0.39, 0.29) is 5.91 Å². The van der Waals surface area contributed by atoms with Crippen molar-refractivity contribution in [2.24, 2.45) is 12.0 Å². The molecule has 2 aromatic heterocycles. The van der Waals surface area contributed by atoms with Gasteiger partial charge in [0, 0.05) is 7.05 Å². The van der Waals surface area contributed by atoms with E-state index < -0.39 is 0 Å². The van der Waals surface area contributed by atoms with Crippen molar-refractivity contribution in [1.29, 1.82) is 0 Å². The Labute approximate surface area is 146 Å². The normalized spacial score (nSPS) is 12.3. The summed E-state index contributed by atoms with van der Waals surface area (Å²) in [6.07, 6.45) is 0.995. The molecular formula is C18H15N3OS2. The van der Waals surface area contributed by atoms with E-state index in [9.17, 15) is 4.79 Å². The molecule has 4 nitrogen and oxygen atoms in total. The van der Waals surface area contributed by atoms with E-state index in [1.807, 2.05) is 35.9 Å². The highest BCUT2D eigenvalue weighted by Crippen LogP contribution is 2.22. The van der Waals surface area contributed by atoms with Gasteiger partial charge < -0.3 is 4.57 Å². The van der Waals surface area contributed by atoms with Crippen molar-refractivity contribution in [3.8, 4) is 0 Å². The van der Waals surface area contributed by atoms with Gasteiger partial charge in [0.25, 0.3) is 0 Å². The molecule has 0 atom stereocenters. The van der Waals surface area contributed by atoms with Crippen molar-refractivity contribution in [2.45, 2.75) is 13.3 Å². The van der Waals surface area contributed by atoms with Gasteiger partial charge in [-0.2, -0.15) is 4.99 Å². The van der Waals surface area contributed by atoms with Crippen LogP contribution in [0.25, 0.3) is 20.4 Å². The summed E-state index contributed by atoms with van der Waals surface area (Å²) < 4.78 is 4.11. The maximum absolute atomic E-state index is 12.5. The number of rotatable bonds is 2. The molecule has 4 aromatic rings. The minimum Gasteiger partial charge on any atom is -0.319 e. The lowest BCUT2D eigenvalue weighted by atomic mass is 10.2. The van der Waals surface area contributed by atoms with Crippen LogP contribution in [0.3, 0.4) is 0 Å². The van der Waals surface area contributed by atoms with Gasteiger partial charge in [0.2, 0.25) is 0 Å². The van der Waals surface area contributed by atoms with E-state index >= 15 is 0 Å². The van der Waals surface area contributed by atoms with E-state index in [0.717, 1.165) is 26.9 Å². The molecule has 0 saturated heterocycles. The summed E-state index contributed by atoms with van der Waals surface area (Å²) in [5.74, 6) is -0.283. The quantitative estimate of drug-likeness (QED) is 0.543. The molecule has 2 heterocycles. The summed E-state index contributed by atoms with van der Waals surface area (Å²) in [5, 5.41) is 0.433. The summed E-state index contributed by atoms with van der Waals surface area (Å²) in [7, 11) is 1.94. The number of thiazole rings is 2. The fourth-order valence-electron chi connectivity index (χ4n) is 2.60. The number of para-hydroxylation sites is 1. The van der Waals surface area contributed by atoms with Gasteiger partial charge in [0.15, 0.2) is 9.81 Å². The third kappa shape index (κ3) is 2.57. The maximum Gasteiger partial charge on any atom is 0.308 e. The highest BCUT2D eigenvalue weighted by Gasteiger charge is 2.12. The van der Waals surface area contributed by atoms with E-state index in [1.165, 1.54) is 28.2 Å². The smallest absolute Gasteiger partial charge is 0.308 e. The van der Waals surface area contributed by atoms with Crippen LogP contribution >= 0.6 is 22.7 Å². The number of aromatic nitrogens is 2. The second-order valence-electron chi connectivity index (χ2n) is 5.50. The number of hydrogen-bond acceptors (Lipinski definition) is 4. The predicted molar refractivity (Wildman–Crippen MR) is 99.7 cm³/mol. The van der Waals surface area contributed by atoms with Crippen molar-refractivity contribution < 1.29 is 4.79 Å². The Bertz CT molecular complexity index is 1100. The van der Waals surface area contributed by atoms with Crippen molar-refractivity contribution in [3.05, 3.63) is 57.8 Å². The van der Waals surface area contributed by atoms with Gasteiger partial charge in [-0.1, -0.05) is 36.5 Å². The molecule has 0 aliphatic rings. The Morgan fingerprint density at radius 3 is 2.79 bits per heavy atom. The second-order valence-corrected chi connectivity index (χ2v) is 7.54. The van der Waals surface area contributed by atoms with Crippen LogP contribution in [0.2, 0.25) is 0 Å². The van der Waals surface area contributed by atoms with Crippen molar-refractivity contribution in [2.75, 3.05) is 0 Å². The summed E-state index contributed by atoms with van der Waals surface area (Å²) in [5.41, 5.74) is 3.22. The average Bonchev–Trinajstić information content (AvgIpc) is 3.16. The van der Waals surface area contributed by atoms with Gasteiger partial charge >= 0.3 is 5.91 Å².